The monoisotopic (exact) mass is 223 g/mol. The van der Waals surface area contributed by atoms with Crippen LogP contribution in [0.4, 0.5) is 5.69 Å². The molecule has 0 aromatic heterocycles. The van der Waals surface area contributed by atoms with Crippen molar-refractivity contribution < 1.29 is 24.2 Å². The molecule has 0 heterocycles. The van der Waals surface area contributed by atoms with Gasteiger partial charge in [0, 0.05) is 0 Å². The van der Waals surface area contributed by atoms with Crippen LogP contribution in [-0.2, 0) is 14.3 Å². The Labute approximate surface area is 90.8 Å². The molecule has 84 valence electrons. The molecular formula is C10H9NO5. The van der Waals surface area contributed by atoms with E-state index >= 15 is 0 Å². The van der Waals surface area contributed by atoms with Crippen LogP contribution < -0.4 is 5.32 Å². The highest BCUT2D eigenvalue weighted by molar-refractivity contribution is 6.37. The molecule has 1 amide bonds. The standard InChI is InChI=1S/C10H9NO5/c1-16-10(15)8(12)11-7-5-3-2-4-6(7)9(13)14/h2-5H,1H3,(H,11,12)(H,13,14). The van der Waals surface area contributed by atoms with Crippen molar-refractivity contribution in [2.45, 2.75) is 0 Å². The second-order valence-corrected chi connectivity index (χ2v) is 2.80. The largest absolute Gasteiger partial charge is 0.478 e. The van der Waals surface area contributed by atoms with Crippen molar-refractivity contribution in [2.75, 3.05) is 12.4 Å². The number of para-hydroxylation sites is 1. The quantitative estimate of drug-likeness (QED) is 0.562. The molecule has 0 bridgehead atoms. The predicted octanol–water partition coefficient (Wildman–Crippen LogP) is 0.496. The van der Waals surface area contributed by atoms with Crippen LogP contribution in [0.25, 0.3) is 0 Å². The van der Waals surface area contributed by atoms with Crippen molar-refractivity contribution in [2.24, 2.45) is 0 Å². The van der Waals surface area contributed by atoms with Gasteiger partial charge in [-0.25, -0.2) is 9.59 Å². The summed E-state index contributed by atoms with van der Waals surface area (Å²) in [6, 6.07) is 5.75. The van der Waals surface area contributed by atoms with Gasteiger partial charge in [-0.05, 0) is 12.1 Å². The van der Waals surface area contributed by atoms with Crippen LogP contribution in [0.1, 0.15) is 10.4 Å². The molecule has 0 fully saturated rings. The first-order chi connectivity index (χ1) is 7.56. The normalized spacial score (nSPS) is 9.31. The summed E-state index contributed by atoms with van der Waals surface area (Å²) in [5.41, 5.74) is -0.0508. The van der Waals surface area contributed by atoms with Gasteiger partial charge in [0.2, 0.25) is 0 Å². The molecule has 1 rings (SSSR count). The van der Waals surface area contributed by atoms with Crippen molar-refractivity contribution in [3.8, 4) is 0 Å². The number of carbonyl (C=O) groups is 3. The molecule has 0 radical (unpaired) electrons. The summed E-state index contributed by atoms with van der Waals surface area (Å²) >= 11 is 0. The fraction of sp³-hybridized carbons (Fsp3) is 0.100. The van der Waals surface area contributed by atoms with Gasteiger partial charge in [0.25, 0.3) is 0 Å². The molecule has 6 nitrogen and oxygen atoms in total. The minimum absolute atomic E-state index is 0.0467. The van der Waals surface area contributed by atoms with E-state index in [1.165, 1.54) is 18.2 Å². The molecule has 0 spiro atoms. The number of methoxy groups -OCH3 is 1. The van der Waals surface area contributed by atoms with E-state index in [4.69, 9.17) is 5.11 Å². The van der Waals surface area contributed by atoms with Crippen LogP contribution >= 0.6 is 0 Å². The van der Waals surface area contributed by atoms with Gasteiger partial charge in [-0.1, -0.05) is 12.1 Å². The number of aromatic carboxylic acids is 1. The average Bonchev–Trinajstić information content (AvgIpc) is 2.28. The Balaban J connectivity index is 2.93. The summed E-state index contributed by atoms with van der Waals surface area (Å²) in [5, 5.41) is 11.0. The Morgan fingerprint density at radius 2 is 1.88 bits per heavy atom. The average molecular weight is 223 g/mol. The van der Waals surface area contributed by atoms with Gasteiger partial charge in [-0.15, -0.1) is 0 Å². The maximum Gasteiger partial charge on any atom is 0.396 e. The van der Waals surface area contributed by atoms with E-state index in [2.05, 4.69) is 10.1 Å². The van der Waals surface area contributed by atoms with Crippen LogP contribution in [0.5, 0.6) is 0 Å². The third-order valence-corrected chi connectivity index (χ3v) is 1.78. The van der Waals surface area contributed by atoms with E-state index in [-0.39, 0.29) is 11.3 Å². The summed E-state index contributed by atoms with van der Waals surface area (Å²) in [7, 11) is 1.06. The van der Waals surface area contributed by atoms with E-state index in [1.54, 1.807) is 6.07 Å². The third-order valence-electron chi connectivity index (χ3n) is 1.78. The molecule has 0 unspecified atom stereocenters. The van der Waals surface area contributed by atoms with Crippen molar-refractivity contribution in [1.29, 1.82) is 0 Å². The van der Waals surface area contributed by atoms with Crippen LogP contribution in [0.15, 0.2) is 24.3 Å². The zero-order chi connectivity index (χ0) is 12.1. The summed E-state index contributed by atoms with van der Waals surface area (Å²) in [6.07, 6.45) is 0. The maximum absolute atomic E-state index is 11.1. The lowest BCUT2D eigenvalue weighted by Gasteiger charge is -2.06. The Morgan fingerprint density at radius 3 is 2.44 bits per heavy atom. The summed E-state index contributed by atoms with van der Waals surface area (Å²) in [4.78, 5) is 32.7. The molecule has 0 aliphatic heterocycles. The molecule has 1 aromatic carbocycles. The molecule has 2 N–H and O–H groups in total. The minimum Gasteiger partial charge on any atom is -0.478 e. The van der Waals surface area contributed by atoms with Gasteiger partial charge in [0.1, 0.15) is 0 Å². The number of nitrogens with one attached hydrogen (secondary N) is 1. The molecule has 16 heavy (non-hydrogen) atoms. The lowest BCUT2D eigenvalue weighted by Crippen LogP contribution is -2.24. The number of amides is 1. The molecule has 0 saturated heterocycles. The fourth-order valence-electron chi connectivity index (χ4n) is 1.04. The van der Waals surface area contributed by atoms with Gasteiger partial charge in [-0.3, -0.25) is 4.79 Å². The summed E-state index contributed by atoms with van der Waals surface area (Å²) in [6.45, 7) is 0. The summed E-state index contributed by atoms with van der Waals surface area (Å²) < 4.78 is 4.19. The van der Waals surface area contributed by atoms with Gasteiger partial charge in [-0.2, -0.15) is 0 Å². The number of anilines is 1. The smallest absolute Gasteiger partial charge is 0.396 e. The Morgan fingerprint density at radius 1 is 1.25 bits per heavy atom. The first-order valence-corrected chi connectivity index (χ1v) is 4.28. The number of hydrogen-bond acceptors (Lipinski definition) is 4. The fourth-order valence-corrected chi connectivity index (χ4v) is 1.04. The first kappa shape index (κ1) is 11.7. The maximum atomic E-state index is 11.1. The Hall–Kier alpha value is -2.37. The number of rotatable bonds is 2. The first-order valence-electron chi connectivity index (χ1n) is 4.28. The zero-order valence-electron chi connectivity index (χ0n) is 8.39. The van der Waals surface area contributed by atoms with Crippen molar-refractivity contribution >= 4 is 23.5 Å². The number of benzene rings is 1. The molecule has 0 atom stereocenters. The van der Waals surface area contributed by atoms with Crippen molar-refractivity contribution in [3.63, 3.8) is 0 Å². The van der Waals surface area contributed by atoms with Crippen molar-refractivity contribution in [1.82, 2.24) is 0 Å². The Bertz CT molecular complexity index is 441. The highest BCUT2D eigenvalue weighted by Crippen LogP contribution is 2.14. The SMILES string of the molecule is COC(=O)C(=O)Nc1ccccc1C(=O)O. The zero-order valence-corrected chi connectivity index (χ0v) is 8.39. The topological polar surface area (TPSA) is 92.7 Å². The van der Waals surface area contributed by atoms with E-state index in [9.17, 15) is 14.4 Å². The third kappa shape index (κ3) is 2.57. The number of hydrogen-bond donors (Lipinski definition) is 2. The van der Waals surface area contributed by atoms with Crippen LogP contribution in [0.2, 0.25) is 0 Å². The van der Waals surface area contributed by atoms with E-state index in [0.29, 0.717) is 0 Å². The van der Waals surface area contributed by atoms with Gasteiger partial charge >= 0.3 is 17.8 Å². The predicted molar refractivity (Wildman–Crippen MR) is 54.0 cm³/mol. The van der Waals surface area contributed by atoms with E-state index in [0.717, 1.165) is 7.11 Å². The minimum atomic E-state index is -1.19. The van der Waals surface area contributed by atoms with Gasteiger partial charge in [0.15, 0.2) is 0 Å². The van der Waals surface area contributed by atoms with E-state index < -0.39 is 17.8 Å². The highest BCUT2D eigenvalue weighted by Gasteiger charge is 2.17. The molecule has 0 aliphatic carbocycles. The second-order valence-electron chi connectivity index (χ2n) is 2.80. The number of carboxylic acids is 1. The van der Waals surface area contributed by atoms with Gasteiger partial charge in [0.05, 0.1) is 18.4 Å². The number of carbonyl (C=O) groups excluding carboxylic acids is 2. The van der Waals surface area contributed by atoms with Crippen LogP contribution in [0, 0.1) is 0 Å². The molecule has 0 saturated carbocycles. The van der Waals surface area contributed by atoms with Crippen molar-refractivity contribution in [3.05, 3.63) is 29.8 Å². The molecule has 6 heteroatoms. The van der Waals surface area contributed by atoms with E-state index in [1.807, 2.05) is 0 Å². The number of esters is 1. The lowest BCUT2D eigenvalue weighted by molar-refractivity contribution is -0.150. The Kier molecular flexibility index (Phi) is 3.60. The number of carboxylic acid groups (broad SMARTS) is 1. The molecular weight excluding hydrogens is 214 g/mol. The molecule has 1 aromatic rings. The molecule has 0 aliphatic rings. The van der Waals surface area contributed by atoms with Gasteiger partial charge < -0.3 is 15.2 Å². The lowest BCUT2D eigenvalue weighted by atomic mass is 10.2. The number of ether oxygens (including phenoxy) is 1. The highest BCUT2D eigenvalue weighted by atomic mass is 16.5. The van der Waals surface area contributed by atoms with Crippen LogP contribution in [0.3, 0.4) is 0 Å². The second kappa shape index (κ2) is 4.92. The van der Waals surface area contributed by atoms with Crippen LogP contribution in [-0.4, -0.2) is 30.1 Å². The summed E-state index contributed by atoms with van der Waals surface area (Å²) in [5.74, 6) is -3.29.